The smallest absolute Gasteiger partial charge is 0.101 e. The second kappa shape index (κ2) is 3.87. The third-order valence-electron chi connectivity index (χ3n) is 2.75. The zero-order valence-corrected chi connectivity index (χ0v) is 9.91. The molecular weight excluding hydrogens is 287 g/mol. The van der Waals surface area contributed by atoms with E-state index >= 15 is 0 Å². The van der Waals surface area contributed by atoms with Gasteiger partial charge in [-0.05, 0) is 59.0 Å². The Bertz CT molecular complexity index is 406. The molecule has 1 aliphatic rings. The molecule has 0 aromatic heterocycles. The molecule has 0 aliphatic heterocycles. The zero-order valence-electron chi connectivity index (χ0n) is 7.76. The van der Waals surface area contributed by atoms with E-state index in [-0.39, 0.29) is 6.04 Å². The van der Waals surface area contributed by atoms with Crippen LogP contribution >= 0.6 is 22.6 Å². The number of nitrogens with two attached hydrogens (primary N) is 1. The first kappa shape index (κ1) is 9.94. The number of benzene rings is 1. The predicted octanol–water partition coefficient (Wildman–Crippen LogP) is 2.50. The van der Waals surface area contributed by atoms with Gasteiger partial charge in [-0.1, -0.05) is 6.07 Å². The largest absolute Gasteiger partial charge is 0.324 e. The summed E-state index contributed by atoms with van der Waals surface area (Å²) in [5, 5.41) is 9.07. The number of nitriles is 1. The summed E-state index contributed by atoms with van der Waals surface area (Å²) in [5.41, 5.74) is 9.19. The highest BCUT2D eigenvalue weighted by molar-refractivity contribution is 14.1. The van der Waals surface area contributed by atoms with Gasteiger partial charge < -0.3 is 5.73 Å². The SMILES string of the molecule is N#Cc1c(I)ccc2c1CCC[C@H]2N. The van der Waals surface area contributed by atoms with Crippen LogP contribution in [-0.2, 0) is 6.42 Å². The number of hydrogen-bond acceptors (Lipinski definition) is 2. The summed E-state index contributed by atoms with van der Waals surface area (Å²) < 4.78 is 1.04. The maximum Gasteiger partial charge on any atom is 0.101 e. The van der Waals surface area contributed by atoms with E-state index in [2.05, 4.69) is 34.7 Å². The van der Waals surface area contributed by atoms with Gasteiger partial charge in [0, 0.05) is 9.61 Å². The average molecular weight is 298 g/mol. The van der Waals surface area contributed by atoms with E-state index in [1.165, 1.54) is 11.1 Å². The van der Waals surface area contributed by atoms with Gasteiger partial charge in [0.15, 0.2) is 0 Å². The fraction of sp³-hybridized carbons (Fsp3) is 0.364. The highest BCUT2D eigenvalue weighted by Crippen LogP contribution is 2.31. The van der Waals surface area contributed by atoms with Gasteiger partial charge in [0.1, 0.15) is 6.07 Å². The molecule has 1 aromatic rings. The van der Waals surface area contributed by atoms with Gasteiger partial charge in [-0.25, -0.2) is 0 Å². The molecule has 0 spiro atoms. The maximum atomic E-state index is 9.07. The summed E-state index contributed by atoms with van der Waals surface area (Å²) in [6.45, 7) is 0. The zero-order chi connectivity index (χ0) is 10.1. The van der Waals surface area contributed by atoms with Crippen LogP contribution < -0.4 is 5.73 Å². The Morgan fingerprint density at radius 1 is 1.50 bits per heavy atom. The van der Waals surface area contributed by atoms with Crippen molar-refractivity contribution in [2.45, 2.75) is 25.3 Å². The number of hydrogen-bond donors (Lipinski definition) is 1. The van der Waals surface area contributed by atoms with Gasteiger partial charge in [0.25, 0.3) is 0 Å². The number of fused-ring (bicyclic) bond motifs is 1. The van der Waals surface area contributed by atoms with E-state index in [0.29, 0.717) is 0 Å². The molecule has 0 radical (unpaired) electrons. The lowest BCUT2D eigenvalue weighted by atomic mass is 9.86. The lowest BCUT2D eigenvalue weighted by molar-refractivity contribution is 0.569. The Hall–Kier alpha value is -0.600. The molecule has 3 heteroatoms. The third-order valence-corrected chi connectivity index (χ3v) is 3.65. The van der Waals surface area contributed by atoms with Crippen LogP contribution in [-0.4, -0.2) is 0 Å². The molecule has 14 heavy (non-hydrogen) atoms. The highest BCUT2D eigenvalue weighted by atomic mass is 127. The van der Waals surface area contributed by atoms with Crippen LogP contribution in [0.15, 0.2) is 12.1 Å². The molecule has 1 aliphatic carbocycles. The van der Waals surface area contributed by atoms with Crippen molar-refractivity contribution in [3.8, 4) is 6.07 Å². The summed E-state index contributed by atoms with van der Waals surface area (Å²) in [4.78, 5) is 0. The summed E-state index contributed by atoms with van der Waals surface area (Å²) >= 11 is 2.21. The van der Waals surface area contributed by atoms with E-state index in [4.69, 9.17) is 11.0 Å². The van der Waals surface area contributed by atoms with Crippen molar-refractivity contribution >= 4 is 22.6 Å². The molecule has 2 N–H and O–H groups in total. The first-order chi connectivity index (χ1) is 6.74. The Balaban J connectivity index is 2.63. The van der Waals surface area contributed by atoms with Crippen molar-refractivity contribution in [1.82, 2.24) is 0 Å². The van der Waals surface area contributed by atoms with Gasteiger partial charge in [-0.15, -0.1) is 0 Å². The Labute approximate surface area is 97.2 Å². The van der Waals surface area contributed by atoms with Crippen molar-refractivity contribution in [2.24, 2.45) is 5.73 Å². The Morgan fingerprint density at radius 2 is 2.29 bits per heavy atom. The second-order valence-corrected chi connectivity index (χ2v) is 4.76. The number of rotatable bonds is 0. The molecule has 0 unspecified atom stereocenters. The Kier molecular flexibility index (Phi) is 2.75. The minimum atomic E-state index is 0.128. The average Bonchev–Trinajstić information content (AvgIpc) is 2.18. The van der Waals surface area contributed by atoms with Gasteiger partial charge in [-0.2, -0.15) is 5.26 Å². The van der Waals surface area contributed by atoms with Gasteiger partial charge in [0.2, 0.25) is 0 Å². The monoisotopic (exact) mass is 298 g/mol. The molecule has 2 rings (SSSR count). The summed E-state index contributed by atoms with van der Waals surface area (Å²) in [5.74, 6) is 0. The standard InChI is InChI=1S/C11H11IN2/c12-10-5-4-8-7(9(10)6-13)2-1-3-11(8)14/h4-5,11H,1-3,14H2/t11-/m1/s1. The van der Waals surface area contributed by atoms with Crippen LogP contribution in [0.3, 0.4) is 0 Å². The lowest BCUT2D eigenvalue weighted by Gasteiger charge is -2.23. The van der Waals surface area contributed by atoms with E-state index in [9.17, 15) is 0 Å². The molecule has 1 aromatic carbocycles. The molecule has 72 valence electrons. The fourth-order valence-corrected chi connectivity index (χ4v) is 2.65. The second-order valence-electron chi connectivity index (χ2n) is 3.60. The fourth-order valence-electron chi connectivity index (χ4n) is 2.03. The summed E-state index contributed by atoms with van der Waals surface area (Å²) in [6.07, 6.45) is 3.14. The van der Waals surface area contributed by atoms with Crippen molar-refractivity contribution in [1.29, 1.82) is 5.26 Å². The summed E-state index contributed by atoms with van der Waals surface area (Å²) in [6, 6.07) is 6.47. The van der Waals surface area contributed by atoms with Crippen LogP contribution in [0.2, 0.25) is 0 Å². The van der Waals surface area contributed by atoms with Gasteiger partial charge in [-0.3, -0.25) is 0 Å². The summed E-state index contributed by atoms with van der Waals surface area (Å²) in [7, 11) is 0. The lowest BCUT2D eigenvalue weighted by Crippen LogP contribution is -2.18. The van der Waals surface area contributed by atoms with Crippen molar-refractivity contribution in [2.75, 3.05) is 0 Å². The molecular formula is C11H11IN2. The van der Waals surface area contributed by atoms with E-state index < -0.39 is 0 Å². The maximum absolute atomic E-state index is 9.07. The van der Waals surface area contributed by atoms with E-state index in [0.717, 1.165) is 28.4 Å². The minimum absolute atomic E-state index is 0.128. The molecule has 0 amide bonds. The van der Waals surface area contributed by atoms with E-state index in [1.54, 1.807) is 0 Å². The van der Waals surface area contributed by atoms with Crippen LogP contribution in [0.4, 0.5) is 0 Å². The topological polar surface area (TPSA) is 49.8 Å². The molecule has 0 saturated heterocycles. The van der Waals surface area contributed by atoms with Crippen LogP contribution in [0, 0.1) is 14.9 Å². The number of nitrogens with zero attached hydrogens (tertiary/aromatic N) is 1. The quantitative estimate of drug-likeness (QED) is 0.748. The molecule has 0 bridgehead atoms. The van der Waals surface area contributed by atoms with Gasteiger partial charge >= 0.3 is 0 Å². The first-order valence-corrected chi connectivity index (χ1v) is 5.79. The van der Waals surface area contributed by atoms with Crippen LogP contribution in [0.1, 0.15) is 35.6 Å². The first-order valence-electron chi connectivity index (χ1n) is 4.71. The van der Waals surface area contributed by atoms with Crippen molar-refractivity contribution in [3.63, 3.8) is 0 Å². The Morgan fingerprint density at radius 3 is 3.00 bits per heavy atom. The van der Waals surface area contributed by atoms with Crippen LogP contribution in [0.5, 0.6) is 0 Å². The molecule has 1 atom stereocenters. The normalized spacial score (nSPS) is 19.9. The molecule has 0 saturated carbocycles. The molecule has 2 nitrogen and oxygen atoms in total. The third kappa shape index (κ3) is 1.53. The van der Waals surface area contributed by atoms with Crippen molar-refractivity contribution in [3.05, 3.63) is 32.4 Å². The predicted molar refractivity (Wildman–Crippen MR) is 63.7 cm³/mol. The minimum Gasteiger partial charge on any atom is -0.324 e. The number of halogens is 1. The van der Waals surface area contributed by atoms with E-state index in [1.807, 2.05) is 6.07 Å². The highest BCUT2D eigenvalue weighted by Gasteiger charge is 2.20. The van der Waals surface area contributed by atoms with Crippen molar-refractivity contribution < 1.29 is 0 Å². The van der Waals surface area contributed by atoms with Gasteiger partial charge in [0.05, 0.1) is 5.56 Å². The molecule has 0 fully saturated rings. The van der Waals surface area contributed by atoms with Crippen LogP contribution in [0.25, 0.3) is 0 Å². The molecule has 0 heterocycles.